The van der Waals surface area contributed by atoms with E-state index >= 15 is 0 Å². The molecule has 2 amide bonds. The highest BCUT2D eigenvalue weighted by atomic mass is 16.2. The summed E-state index contributed by atoms with van der Waals surface area (Å²) in [6.45, 7) is 6.58. The van der Waals surface area contributed by atoms with Crippen LogP contribution in [0.25, 0.3) is 0 Å². The first-order chi connectivity index (χ1) is 11.9. The lowest BCUT2D eigenvalue weighted by Gasteiger charge is -2.10. The summed E-state index contributed by atoms with van der Waals surface area (Å²) in [5, 5.41) is 8.74. The molecule has 0 aliphatic heterocycles. The number of carbonyl (C=O) groups excluding carboxylic acids is 2. The summed E-state index contributed by atoms with van der Waals surface area (Å²) >= 11 is 0. The Hall–Kier alpha value is -2.89. The predicted molar refractivity (Wildman–Crippen MR) is 101 cm³/mol. The van der Waals surface area contributed by atoms with Crippen LogP contribution in [0.1, 0.15) is 37.6 Å². The van der Waals surface area contributed by atoms with Gasteiger partial charge in [-0.25, -0.2) is 4.98 Å². The van der Waals surface area contributed by atoms with Gasteiger partial charge in [0.1, 0.15) is 5.82 Å². The highest BCUT2D eigenvalue weighted by Crippen LogP contribution is 2.17. The first-order valence-electron chi connectivity index (χ1n) is 8.33. The second-order valence-corrected chi connectivity index (χ2v) is 6.26. The van der Waals surface area contributed by atoms with Gasteiger partial charge in [0.25, 0.3) is 5.91 Å². The number of aromatic nitrogens is 1. The molecule has 0 atom stereocenters. The molecular weight excluding hydrogens is 316 g/mol. The molecule has 0 saturated heterocycles. The maximum absolute atomic E-state index is 12.4. The number of amides is 2. The van der Waals surface area contributed by atoms with Gasteiger partial charge in [-0.1, -0.05) is 19.9 Å². The zero-order valence-electron chi connectivity index (χ0n) is 14.8. The third-order valence-corrected chi connectivity index (χ3v) is 3.49. The standard InChI is InChI=1S/C19H24N4O2/c1-13(2)7-9-20-18-11-15(8-10-21-18)19(25)23-17-6-4-5-16(12-17)22-14(3)24/h4-6,8,10-13H,7,9H2,1-3H3,(H,20,21)(H,22,24)(H,23,25). The Morgan fingerprint density at radius 1 is 1.08 bits per heavy atom. The van der Waals surface area contributed by atoms with Crippen LogP contribution in [0.15, 0.2) is 42.6 Å². The zero-order chi connectivity index (χ0) is 18.2. The number of pyridine rings is 1. The number of carbonyl (C=O) groups is 2. The lowest BCUT2D eigenvalue weighted by molar-refractivity contribution is -0.114. The molecule has 0 aliphatic rings. The number of hydrogen-bond donors (Lipinski definition) is 3. The van der Waals surface area contributed by atoms with Crippen molar-refractivity contribution in [3.05, 3.63) is 48.2 Å². The molecule has 132 valence electrons. The minimum Gasteiger partial charge on any atom is -0.370 e. The van der Waals surface area contributed by atoms with Gasteiger partial charge in [-0.2, -0.15) is 0 Å². The minimum atomic E-state index is -0.228. The van der Waals surface area contributed by atoms with Crippen LogP contribution in [-0.2, 0) is 4.79 Å². The SMILES string of the molecule is CC(=O)Nc1cccc(NC(=O)c2ccnc(NCCC(C)C)c2)c1. The Morgan fingerprint density at radius 2 is 1.80 bits per heavy atom. The summed E-state index contributed by atoms with van der Waals surface area (Å²) in [7, 11) is 0. The number of rotatable bonds is 7. The summed E-state index contributed by atoms with van der Waals surface area (Å²) in [5.41, 5.74) is 1.77. The van der Waals surface area contributed by atoms with E-state index in [-0.39, 0.29) is 11.8 Å². The van der Waals surface area contributed by atoms with Gasteiger partial charge in [-0.3, -0.25) is 9.59 Å². The normalized spacial score (nSPS) is 10.4. The minimum absolute atomic E-state index is 0.158. The average molecular weight is 340 g/mol. The van der Waals surface area contributed by atoms with E-state index in [2.05, 4.69) is 34.8 Å². The number of nitrogens with one attached hydrogen (secondary N) is 3. The van der Waals surface area contributed by atoms with Gasteiger partial charge in [0.05, 0.1) is 0 Å². The van der Waals surface area contributed by atoms with Crippen LogP contribution < -0.4 is 16.0 Å². The van der Waals surface area contributed by atoms with Crippen LogP contribution in [0.5, 0.6) is 0 Å². The monoisotopic (exact) mass is 340 g/mol. The third-order valence-electron chi connectivity index (χ3n) is 3.49. The van der Waals surface area contributed by atoms with E-state index in [9.17, 15) is 9.59 Å². The van der Waals surface area contributed by atoms with Crippen LogP contribution >= 0.6 is 0 Å². The van der Waals surface area contributed by atoms with Crippen LogP contribution in [0.4, 0.5) is 17.2 Å². The maximum atomic E-state index is 12.4. The summed E-state index contributed by atoms with van der Waals surface area (Å²) in [4.78, 5) is 27.8. The largest absolute Gasteiger partial charge is 0.370 e. The first kappa shape index (κ1) is 18.4. The van der Waals surface area contributed by atoms with Crippen molar-refractivity contribution in [1.82, 2.24) is 4.98 Å². The van der Waals surface area contributed by atoms with Gasteiger partial charge in [0, 0.05) is 36.6 Å². The number of nitrogens with zero attached hydrogens (tertiary/aromatic N) is 1. The summed E-state index contributed by atoms with van der Waals surface area (Å²) in [6.07, 6.45) is 2.65. The molecular formula is C19H24N4O2. The highest BCUT2D eigenvalue weighted by molar-refractivity contribution is 6.05. The van der Waals surface area contributed by atoms with Gasteiger partial charge in [0.15, 0.2) is 0 Å². The van der Waals surface area contributed by atoms with E-state index in [4.69, 9.17) is 0 Å². The molecule has 0 fully saturated rings. The lowest BCUT2D eigenvalue weighted by Crippen LogP contribution is -2.14. The first-order valence-corrected chi connectivity index (χ1v) is 8.33. The molecule has 6 nitrogen and oxygen atoms in total. The topological polar surface area (TPSA) is 83.1 Å². The molecule has 2 rings (SSSR count). The van der Waals surface area contributed by atoms with E-state index in [1.165, 1.54) is 6.92 Å². The van der Waals surface area contributed by atoms with Crippen LogP contribution in [0.3, 0.4) is 0 Å². The van der Waals surface area contributed by atoms with Crippen LogP contribution in [-0.4, -0.2) is 23.3 Å². The molecule has 1 heterocycles. The fourth-order valence-electron chi connectivity index (χ4n) is 2.24. The van der Waals surface area contributed by atoms with Crippen molar-refractivity contribution >= 4 is 29.0 Å². The molecule has 0 bridgehead atoms. The number of hydrogen-bond acceptors (Lipinski definition) is 4. The second kappa shape index (κ2) is 8.82. The predicted octanol–water partition coefficient (Wildman–Crippen LogP) is 3.75. The molecule has 25 heavy (non-hydrogen) atoms. The average Bonchev–Trinajstić information content (AvgIpc) is 2.54. The maximum Gasteiger partial charge on any atom is 0.255 e. The van der Waals surface area contributed by atoms with Gasteiger partial charge in [0.2, 0.25) is 5.91 Å². The van der Waals surface area contributed by atoms with Crippen molar-refractivity contribution in [2.24, 2.45) is 5.92 Å². The van der Waals surface area contributed by atoms with Crippen molar-refractivity contribution in [1.29, 1.82) is 0 Å². The van der Waals surface area contributed by atoms with Crippen molar-refractivity contribution in [3.63, 3.8) is 0 Å². The van der Waals surface area contributed by atoms with Gasteiger partial charge in [-0.05, 0) is 42.7 Å². The lowest BCUT2D eigenvalue weighted by atomic mass is 10.1. The Bertz CT molecular complexity index is 744. The fraction of sp³-hybridized carbons (Fsp3) is 0.316. The van der Waals surface area contributed by atoms with Crippen LogP contribution in [0.2, 0.25) is 0 Å². The second-order valence-electron chi connectivity index (χ2n) is 6.26. The van der Waals surface area contributed by atoms with Crippen molar-refractivity contribution in [3.8, 4) is 0 Å². The molecule has 0 spiro atoms. The summed E-state index contributed by atoms with van der Waals surface area (Å²) in [6, 6.07) is 10.4. The molecule has 0 saturated carbocycles. The summed E-state index contributed by atoms with van der Waals surface area (Å²) in [5.74, 6) is 0.902. The molecule has 0 unspecified atom stereocenters. The molecule has 3 N–H and O–H groups in total. The highest BCUT2D eigenvalue weighted by Gasteiger charge is 2.08. The third kappa shape index (κ3) is 6.25. The molecule has 0 radical (unpaired) electrons. The molecule has 2 aromatic rings. The van der Waals surface area contributed by atoms with Crippen molar-refractivity contribution in [2.45, 2.75) is 27.2 Å². The van der Waals surface area contributed by atoms with Crippen LogP contribution in [0, 0.1) is 5.92 Å². The zero-order valence-corrected chi connectivity index (χ0v) is 14.8. The Labute approximate surface area is 148 Å². The smallest absolute Gasteiger partial charge is 0.255 e. The number of anilines is 3. The van der Waals surface area contributed by atoms with E-state index in [1.807, 2.05) is 0 Å². The van der Waals surface area contributed by atoms with Crippen molar-refractivity contribution in [2.75, 3.05) is 22.5 Å². The summed E-state index contributed by atoms with van der Waals surface area (Å²) < 4.78 is 0. The van der Waals surface area contributed by atoms with E-state index in [1.54, 1.807) is 42.6 Å². The van der Waals surface area contributed by atoms with E-state index in [0.29, 0.717) is 28.7 Å². The molecule has 6 heteroatoms. The fourth-order valence-corrected chi connectivity index (χ4v) is 2.24. The Morgan fingerprint density at radius 3 is 2.48 bits per heavy atom. The molecule has 0 aliphatic carbocycles. The van der Waals surface area contributed by atoms with E-state index < -0.39 is 0 Å². The Balaban J connectivity index is 2.02. The van der Waals surface area contributed by atoms with Gasteiger partial charge < -0.3 is 16.0 Å². The van der Waals surface area contributed by atoms with Gasteiger partial charge in [-0.15, -0.1) is 0 Å². The quantitative estimate of drug-likeness (QED) is 0.717. The molecule has 1 aromatic heterocycles. The van der Waals surface area contributed by atoms with Gasteiger partial charge >= 0.3 is 0 Å². The molecule has 1 aromatic carbocycles. The Kier molecular flexibility index (Phi) is 6.51. The van der Waals surface area contributed by atoms with Crippen molar-refractivity contribution < 1.29 is 9.59 Å². The van der Waals surface area contributed by atoms with E-state index in [0.717, 1.165) is 13.0 Å². The number of benzene rings is 1.